The molecule has 0 aliphatic carbocycles. The lowest BCUT2D eigenvalue weighted by atomic mass is 10.1. The van der Waals surface area contributed by atoms with Gasteiger partial charge in [0.25, 0.3) is 0 Å². The normalized spacial score (nSPS) is 11.6. The molecule has 1 atom stereocenters. The molecule has 0 aliphatic rings. The highest BCUT2D eigenvalue weighted by molar-refractivity contribution is 7.13. The second-order valence-corrected chi connectivity index (χ2v) is 9.06. The Labute approximate surface area is 218 Å². The lowest BCUT2D eigenvalue weighted by Crippen LogP contribution is -2.22. The van der Waals surface area contributed by atoms with E-state index in [0.29, 0.717) is 28.3 Å². The molecule has 0 radical (unpaired) electrons. The SMILES string of the molecule is C=CCOC(=O)C(Oc1nc(-c2cccs2)cc(-c2ccc(-c3ccccc3)o2)c1N)c1ccccc1. The Bertz CT molecular complexity index is 1500. The summed E-state index contributed by atoms with van der Waals surface area (Å²) in [7, 11) is 0. The number of hydrogen-bond donors (Lipinski definition) is 1. The van der Waals surface area contributed by atoms with Crippen LogP contribution < -0.4 is 10.5 Å². The third kappa shape index (κ3) is 5.32. The van der Waals surface area contributed by atoms with Crippen molar-refractivity contribution in [3.63, 3.8) is 0 Å². The summed E-state index contributed by atoms with van der Waals surface area (Å²) in [6, 6.07) is 28.4. The van der Waals surface area contributed by atoms with Gasteiger partial charge in [-0.2, -0.15) is 0 Å². The number of nitrogens with zero attached hydrogens (tertiary/aromatic N) is 1. The first-order valence-electron chi connectivity index (χ1n) is 11.6. The Kier molecular flexibility index (Phi) is 7.14. The van der Waals surface area contributed by atoms with Crippen LogP contribution in [-0.4, -0.2) is 17.6 Å². The number of anilines is 1. The maximum Gasteiger partial charge on any atom is 0.352 e. The predicted molar refractivity (Wildman–Crippen MR) is 146 cm³/mol. The number of rotatable bonds is 9. The van der Waals surface area contributed by atoms with Crippen molar-refractivity contribution in [3.8, 4) is 39.1 Å². The number of nitrogens with two attached hydrogens (primary N) is 1. The van der Waals surface area contributed by atoms with E-state index in [9.17, 15) is 4.79 Å². The first kappa shape index (κ1) is 24.1. The monoisotopic (exact) mass is 508 g/mol. The molecule has 5 aromatic rings. The minimum atomic E-state index is -1.07. The lowest BCUT2D eigenvalue weighted by Gasteiger charge is -2.20. The van der Waals surface area contributed by atoms with Gasteiger partial charge < -0.3 is 19.6 Å². The van der Waals surface area contributed by atoms with Crippen molar-refractivity contribution < 1.29 is 18.7 Å². The smallest absolute Gasteiger partial charge is 0.352 e. The fourth-order valence-electron chi connectivity index (χ4n) is 3.82. The first-order chi connectivity index (χ1) is 18.1. The van der Waals surface area contributed by atoms with Crippen molar-refractivity contribution in [2.45, 2.75) is 6.10 Å². The highest BCUT2D eigenvalue weighted by Crippen LogP contribution is 2.40. The van der Waals surface area contributed by atoms with Gasteiger partial charge in [0.1, 0.15) is 23.8 Å². The number of carbonyl (C=O) groups excluding carboxylic acids is 1. The molecule has 0 fully saturated rings. The summed E-state index contributed by atoms with van der Waals surface area (Å²) in [6.07, 6.45) is 0.433. The number of aromatic nitrogens is 1. The third-order valence-corrected chi connectivity index (χ3v) is 6.51. The van der Waals surface area contributed by atoms with Gasteiger partial charge in [0.15, 0.2) is 0 Å². The van der Waals surface area contributed by atoms with Gasteiger partial charge in [-0.25, -0.2) is 9.78 Å². The standard InChI is InChI=1S/C30H24N2O4S/c1-2-17-34-30(33)28(21-12-7-4-8-13-21)36-29-27(31)22(19-23(32-29)26-14-9-18-37-26)25-16-15-24(35-25)20-10-5-3-6-11-20/h2-16,18-19,28H,1,17,31H2. The zero-order valence-corrected chi connectivity index (χ0v) is 20.7. The van der Waals surface area contributed by atoms with Crippen LogP contribution in [0.15, 0.2) is 113 Å². The molecule has 2 N–H and O–H groups in total. The fraction of sp³-hybridized carbons (Fsp3) is 0.0667. The number of ether oxygens (including phenoxy) is 2. The zero-order chi connectivity index (χ0) is 25.6. The zero-order valence-electron chi connectivity index (χ0n) is 19.9. The average Bonchev–Trinajstić information content (AvgIpc) is 3.65. The molecule has 37 heavy (non-hydrogen) atoms. The largest absolute Gasteiger partial charge is 0.458 e. The van der Waals surface area contributed by atoms with Crippen molar-refractivity contribution >= 4 is 23.0 Å². The number of nitrogen functional groups attached to an aromatic ring is 1. The number of pyridine rings is 1. The van der Waals surface area contributed by atoms with Crippen LogP contribution in [0.25, 0.3) is 33.2 Å². The molecule has 0 aliphatic heterocycles. The van der Waals surface area contributed by atoms with E-state index >= 15 is 0 Å². The number of hydrogen-bond acceptors (Lipinski definition) is 7. The van der Waals surface area contributed by atoms with E-state index < -0.39 is 12.1 Å². The predicted octanol–water partition coefficient (Wildman–Crippen LogP) is 7.17. The van der Waals surface area contributed by atoms with Gasteiger partial charge in [0, 0.05) is 16.7 Å². The van der Waals surface area contributed by atoms with E-state index in [2.05, 4.69) is 11.6 Å². The van der Waals surface area contributed by atoms with E-state index in [1.807, 2.05) is 84.2 Å². The van der Waals surface area contributed by atoms with Crippen LogP contribution in [0.5, 0.6) is 5.88 Å². The van der Waals surface area contributed by atoms with Crippen molar-refractivity contribution in [1.82, 2.24) is 4.98 Å². The van der Waals surface area contributed by atoms with Gasteiger partial charge in [-0.05, 0) is 29.6 Å². The molecule has 1 unspecified atom stereocenters. The summed E-state index contributed by atoms with van der Waals surface area (Å²) in [6.45, 7) is 3.67. The number of benzene rings is 2. The first-order valence-corrected chi connectivity index (χ1v) is 12.5. The van der Waals surface area contributed by atoms with Crippen LogP contribution in [0, 0.1) is 0 Å². The van der Waals surface area contributed by atoms with E-state index in [-0.39, 0.29) is 18.2 Å². The van der Waals surface area contributed by atoms with E-state index in [4.69, 9.17) is 19.6 Å². The Hall–Kier alpha value is -4.62. The number of thiophene rings is 1. The van der Waals surface area contributed by atoms with E-state index in [1.54, 1.807) is 12.1 Å². The van der Waals surface area contributed by atoms with Crippen LogP contribution in [0.1, 0.15) is 11.7 Å². The molecule has 0 spiro atoms. The molecular weight excluding hydrogens is 484 g/mol. The topological polar surface area (TPSA) is 87.6 Å². The van der Waals surface area contributed by atoms with Crippen LogP contribution in [0.3, 0.4) is 0 Å². The second kappa shape index (κ2) is 11.0. The Morgan fingerprint density at radius 1 is 1.00 bits per heavy atom. The Morgan fingerprint density at radius 2 is 1.73 bits per heavy atom. The number of esters is 1. The molecule has 3 aromatic heterocycles. The number of carbonyl (C=O) groups is 1. The third-order valence-electron chi connectivity index (χ3n) is 5.62. The summed E-state index contributed by atoms with van der Waals surface area (Å²) in [5.41, 5.74) is 9.69. The quantitative estimate of drug-likeness (QED) is 0.168. The van der Waals surface area contributed by atoms with Gasteiger partial charge in [-0.3, -0.25) is 0 Å². The summed E-state index contributed by atoms with van der Waals surface area (Å²) >= 11 is 1.54. The van der Waals surface area contributed by atoms with Crippen molar-refractivity contribution in [3.05, 3.63) is 115 Å². The molecule has 0 saturated heterocycles. The lowest BCUT2D eigenvalue weighted by molar-refractivity contribution is -0.151. The summed E-state index contributed by atoms with van der Waals surface area (Å²) in [5, 5.41) is 1.97. The van der Waals surface area contributed by atoms with Gasteiger partial charge in [-0.1, -0.05) is 79.4 Å². The molecule has 5 rings (SSSR count). The molecule has 7 heteroatoms. The molecular formula is C30H24N2O4S. The van der Waals surface area contributed by atoms with Crippen molar-refractivity contribution in [2.75, 3.05) is 12.3 Å². The molecule has 3 heterocycles. The number of furan rings is 1. The van der Waals surface area contributed by atoms with Gasteiger partial charge in [0.05, 0.1) is 10.6 Å². The minimum Gasteiger partial charge on any atom is -0.458 e. The molecule has 0 amide bonds. The maximum atomic E-state index is 13.0. The minimum absolute atomic E-state index is 0.0591. The Morgan fingerprint density at radius 3 is 2.43 bits per heavy atom. The average molecular weight is 509 g/mol. The molecule has 2 aromatic carbocycles. The highest BCUT2D eigenvalue weighted by atomic mass is 32.1. The van der Waals surface area contributed by atoms with Gasteiger partial charge in [0.2, 0.25) is 12.0 Å². The summed E-state index contributed by atoms with van der Waals surface area (Å²) < 4.78 is 17.7. The fourth-order valence-corrected chi connectivity index (χ4v) is 4.51. The highest BCUT2D eigenvalue weighted by Gasteiger charge is 2.27. The van der Waals surface area contributed by atoms with Crippen LogP contribution >= 0.6 is 11.3 Å². The summed E-state index contributed by atoms with van der Waals surface area (Å²) in [5.74, 6) is 0.816. The van der Waals surface area contributed by atoms with Gasteiger partial charge in [-0.15, -0.1) is 11.3 Å². The van der Waals surface area contributed by atoms with E-state index in [0.717, 1.165) is 10.4 Å². The van der Waals surface area contributed by atoms with Crippen LogP contribution in [0.4, 0.5) is 5.69 Å². The van der Waals surface area contributed by atoms with Crippen molar-refractivity contribution in [2.24, 2.45) is 0 Å². The van der Waals surface area contributed by atoms with Crippen LogP contribution in [-0.2, 0) is 9.53 Å². The Balaban J connectivity index is 1.59. The molecule has 184 valence electrons. The maximum absolute atomic E-state index is 13.0. The van der Waals surface area contributed by atoms with Crippen molar-refractivity contribution in [1.29, 1.82) is 0 Å². The summed E-state index contributed by atoms with van der Waals surface area (Å²) in [4.78, 5) is 18.6. The second-order valence-electron chi connectivity index (χ2n) is 8.11. The van der Waals surface area contributed by atoms with E-state index in [1.165, 1.54) is 17.4 Å². The molecule has 0 saturated carbocycles. The molecule has 0 bridgehead atoms. The van der Waals surface area contributed by atoms with Crippen LogP contribution in [0.2, 0.25) is 0 Å². The van der Waals surface area contributed by atoms with Gasteiger partial charge >= 0.3 is 5.97 Å². The molecule has 6 nitrogen and oxygen atoms in total.